The third kappa shape index (κ3) is 2.83. The highest BCUT2D eigenvalue weighted by Gasteiger charge is 2.12. The van der Waals surface area contributed by atoms with Gasteiger partial charge in [-0.3, -0.25) is 4.79 Å². The summed E-state index contributed by atoms with van der Waals surface area (Å²) in [6, 6.07) is 5.62. The Morgan fingerprint density at radius 2 is 2.27 bits per heavy atom. The molecule has 0 radical (unpaired) electrons. The highest BCUT2D eigenvalue weighted by Crippen LogP contribution is 2.26. The van der Waals surface area contributed by atoms with E-state index in [1.807, 2.05) is 25.1 Å². The molecule has 3 heteroatoms. The molecular weight excluding hydrogens is 210 g/mol. The Balaban J connectivity index is 3.10. The van der Waals surface area contributed by atoms with Crippen LogP contribution in [0.1, 0.15) is 12.5 Å². The molecule has 1 amide bonds. The van der Waals surface area contributed by atoms with Gasteiger partial charge in [0.15, 0.2) is 0 Å². The lowest BCUT2D eigenvalue weighted by atomic mass is 10.2. The Morgan fingerprint density at radius 1 is 1.60 bits per heavy atom. The predicted molar refractivity (Wildman–Crippen MR) is 64.4 cm³/mol. The molecule has 0 saturated carbocycles. The molecule has 0 aliphatic heterocycles. The Kier molecular flexibility index (Phi) is 3.92. The van der Waals surface area contributed by atoms with Crippen molar-refractivity contribution in [3.05, 3.63) is 41.4 Å². The van der Waals surface area contributed by atoms with Crippen molar-refractivity contribution in [2.45, 2.75) is 13.8 Å². The minimum atomic E-state index is -0.0411. The Morgan fingerprint density at radius 3 is 2.73 bits per heavy atom. The van der Waals surface area contributed by atoms with Crippen LogP contribution in [0.15, 0.2) is 30.9 Å². The van der Waals surface area contributed by atoms with Crippen LogP contribution in [-0.4, -0.2) is 12.5 Å². The summed E-state index contributed by atoms with van der Waals surface area (Å²) in [7, 11) is 0. The van der Waals surface area contributed by atoms with Gasteiger partial charge in [0.1, 0.15) is 0 Å². The molecule has 80 valence electrons. The summed E-state index contributed by atoms with van der Waals surface area (Å²) >= 11 is 6.08. The molecule has 1 aromatic carbocycles. The summed E-state index contributed by atoms with van der Waals surface area (Å²) < 4.78 is 0. The number of carbonyl (C=O) groups is 1. The molecule has 0 aromatic heterocycles. The molecule has 0 aliphatic carbocycles. The van der Waals surface area contributed by atoms with Crippen LogP contribution in [0.5, 0.6) is 0 Å². The zero-order chi connectivity index (χ0) is 11.4. The molecule has 0 saturated heterocycles. The van der Waals surface area contributed by atoms with Crippen molar-refractivity contribution in [3.63, 3.8) is 0 Å². The number of carbonyl (C=O) groups excluding carboxylic acids is 1. The lowest BCUT2D eigenvalue weighted by Crippen LogP contribution is -2.28. The quantitative estimate of drug-likeness (QED) is 0.721. The van der Waals surface area contributed by atoms with Crippen LogP contribution in [0.2, 0.25) is 5.02 Å². The SMILES string of the molecule is C=CCN(C(C)=O)c1ccc(C)cc1Cl. The van der Waals surface area contributed by atoms with E-state index in [1.54, 1.807) is 11.0 Å². The van der Waals surface area contributed by atoms with Crippen molar-refractivity contribution >= 4 is 23.2 Å². The molecule has 0 spiro atoms. The zero-order valence-electron chi connectivity index (χ0n) is 8.96. The molecule has 0 atom stereocenters. The predicted octanol–water partition coefficient (Wildman–Crippen LogP) is 3.19. The summed E-state index contributed by atoms with van der Waals surface area (Å²) in [5, 5.41) is 0.590. The normalized spacial score (nSPS) is 9.80. The number of hydrogen-bond donors (Lipinski definition) is 0. The number of nitrogens with zero attached hydrogens (tertiary/aromatic N) is 1. The second-order valence-electron chi connectivity index (χ2n) is 3.37. The van der Waals surface area contributed by atoms with Gasteiger partial charge >= 0.3 is 0 Å². The monoisotopic (exact) mass is 223 g/mol. The first-order valence-electron chi connectivity index (χ1n) is 4.71. The van der Waals surface area contributed by atoms with Gasteiger partial charge in [-0.05, 0) is 24.6 Å². The van der Waals surface area contributed by atoms with Crippen LogP contribution in [0.25, 0.3) is 0 Å². The number of rotatable bonds is 3. The van der Waals surface area contributed by atoms with Gasteiger partial charge in [-0.15, -0.1) is 6.58 Å². The fourth-order valence-corrected chi connectivity index (χ4v) is 1.69. The van der Waals surface area contributed by atoms with Gasteiger partial charge in [0.25, 0.3) is 0 Å². The van der Waals surface area contributed by atoms with Gasteiger partial charge in [0.2, 0.25) is 5.91 Å². The Hall–Kier alpha value is -1.28. The van der Waals surface area contributed by atoms with E-state index in [2.05, 4.69) is 6.58 Å². The summed E-state index contributed by atoms with van der Waals surface area (Å²) in [5.41, 5.74) is 1.81. The topological polar surface area (TPSA) is 20.3 Å². The second-order valence-corrected chi connectivity index (χ2v) is 3.78. The first-order chi connectivity index (χ1) is 7.06. The molecule has 0 unspecified atom stereocenters. The number of benzene rings is 1. The van der Waals surface area contributed by atoms with E-state index < -0.39 is 0 Å². The first kappa shape index (κ1) is 11.8. The average Bonchev–Trinajstić information content (AvgIpc) is 2.15. The second kappa shape index (κ2) is 4.99. The van der Waals surface area contributed by atoms with E-state index >= 15 is 0 Å². The average molecular weight is 224 g/mol. The van der Waals surface area contributed by atoms with Crippen LogP contribution in [-0.2, 0) is 4.79 Å². The minimum Gasteiger partial charge on any atom is -0.307 e. The standard InChI is InChI=1S/C12H14ClNO/c1-4-7-14(10(3)15)12-6-5-9(2)8-11(12)13/h4-6,8H,1,7H2,2-3H3. The molecule has 1 rings (SSSR count). The third-order valence-electron chi connectivity index (χ3n) is 2.09. The summed E-state index contributed by atoms with van der Waals surface area (Å²) in [6.45, 7) is 7.56. The van der Waals surface area contributed by atoms with Gasteiger partial charge in [-0.25, -0.2) is 0 Å². The van der Waals surface area contributed by atoms with Gasteiger partial charge in [-0.2, -0.15) is 0 Å². The van der Waals surface area contributed by atoms with Crippen molar-refractivity contribution in [2.75, 3.05) is 11.4 Å². The van der Waals surface area contributed by atoms with E-state index in [-0.39, 0.29) is 5.91 Å². The maximum Gasteiger partial charge on any atom is 0.224 e. The molecule has 0 fully saturated rings. The van der Waals surface area contributed by atoms with Gasteiger partial charge in [-0.1, -0.05) is 23.7 Å². The molecule has 0 heterocycles. The molecule has 2 nitrogen and oxygen atoms in total. The molecule has 15 heavy (non-hydrogen) atoms. The Bertz CT molecular complexity index is 387. The molecule has 1 aromatic rings. The molecule has 0 aliphatic rings. The van der Waals surface area contributed by atoms with E-state index in [4.69, 9.17) is 11.6 Å². The maximum atomic E-state index is 11.4. The van der Waals surface area contributed by atoms with Crippen LogP contribution in [0.3, 0.4) is 0 Å². The summed E-state index contributed by atoms with van der Waals surface area (Å²) in [6.07, 6.45) is 1.68. The number of halogens is 1. The highest BCUT2D eigenvalue weighted by atomic mass is 35.5. The van der Waals surface area contributed by atoms with Gasteiger partial charge in [0.05, 0.1) is 10.7 Å². The molecule has 0 bridgehead atoms. The van der Waals surface area contributed by atoms with Gasteiger partial charge < -0.3 is 4.90 Å². The number of hydrogen-bond acceptors (Lipinski definition) is 1. The highest BCUT2D eigenvalue weighted by molar-refractivity contribution is 6.33. The smallest absolute Gasteiger partial charge is 0.224 e. The fourth-order valence-electron chi connectivity index (χ4n) is 1.36. The van der Waals surface area contributed by atoms with Gasteiger partial charge in [0, 0.05) is 13.5 Å². The van der Waals surface area contributed by atoms with Crippen LogP contribution in [0.4, 0.5) is 5.69 Å². The summed E-state index contributed by atoms with van der Waals surface area (Å²) in [4.78, 5) is 13.0. The van der Waals surface area contributed by atoms with Crippen molar-refractivity contribution in [1.29, 1.82) is 0 Å². The fraction of sp³-hybridized carbons (Fsp3) is 0.250. The van der Waals surface area contributed by atoms with Crippen molar-refractivity contribution in [3.8, 4) is 0 Å². The van der Waals surface area contributed by atoms with E-state index in [0.29, 0.717) is 11.6 Å². The molecular formula is C12H14ClNO. The molecule has 0 N–H and O–H groups in total. The van der Waals surface area contributed by atoms with E-state index in [0.717, 1.165) is 11.3 Å². The van der Waals surface area contributed by atoms with Crippen LogP contribution >= 0.6 is 11.6 Å². The number of amides is 1. The number of anilines is 1. The zero-order valence-corrected chi connectivity index (χ0v) is 9.71. The lowest BCUT2D eigenvalue weighted by molar-refractivity contribution is -0.116. The van der Waals surface area contributed by atoms with Crippen LogP contribution in [0, 0.1) is 6.92 Å². The van der Waals surface area contributed by atoms with E-state index in [1.165, 1.54) is 6.92 Å². The van der Waals surface area contributed by atoms with Crippen LogP contribution < -0.4 is 4.90 Å². The number of aryl methyl sites for hydroxylation is 1. The maximum absolute atomic E-state index is 11.4. The van der Waals surface area contributed by atoms with E-state index in [9.17, 15) is 4.79 Å². The van der Waals surface area contributed by atoms with Crippen molar-refractivity contribution < 1.29 is 4.79 Å². The lowest BCUT2D eigenvalue weighted by Gasteiger charge is -2.20. The van der Waals surface area contributed by atoms with Crippen molar-refractivity contribution in [2.24, 2.45) is 0 Å². The largest absolute Gasteiger partial charge is 0.307 e. The first-order valence-corrected chi connectivity index (χ1v) is 5.09. The summed E-state index contributed by atoms with van der Waals surface area (Å²) in [5.74, 6) is -0.0411. The Labute approximate surface area is 95.2 Å². The van der Waals surface area contributed by atoms with Crippen molar-refractivity contribution in [1.82, 2.24) is 0 Å². The minimum absolute atomic E-state index is 0.0411. The third-order valence-corrected chi connectivity index (χ3v) is 2.39.